The van der Waals surface area contributed by atoms with Gasteiger partial charge in [0.25, 0.3) is 0 Å². The summed E-state index contributed by atoms with van der Waals surface area (Å²) in [4.78, 5) is 0. The van der Waals surface area contributed by atoms with Crippen LogP contribution in [0.4, 0.5) is 0 Å². The van der Waals surface area contributed by atoms with E-state index in [0.29, 0.717) is 10.0 Å². The molecule has 1 aromatic heterocycles. The Morgan fingerprint density at radius 2 is 1.90 bits per heavy atom. The number of rotatable bonds is 3. The van der Waals surface area contributed by atoms with E-state index in [4.69, 9.17) is 27.6 Å². The lowest BCUT2D eigenvalue weighted by Crippen LogP contribution is -2.17. The van der Waals surface area contributed by atoms with Crippen LogP contribution in [0.15, 0.2) is 46.9 Å². The number of benzene rings is 2. The molecular formula is C17H15Cl2NO. The van der Waals surface area contributed by atoms with Gasteiger partial charge in [0.2, 0.25) is 0 Å². The second-order valence-corrected chi connectivity index (χ2v) is 5.87. The summed E-state index contributed by atoms with van der Waals surface area (Å²) in [6.07, 6.45) is 0. The second-order valence-electron chi connectivity index (χ2n) is 5.03. The number of para-hydroxylation sites is 1. The Kier molecular flexibility index (Phi) is 3.94. The maximum atomic E-state index is 6.32. The van der Waals surface area contributed by atoms with Gasteiger partial charge in [0.1, 0.15) is 11.3 Å². The molecule has 0 amide bonds. The Labute approximate surface area is 133 Å². The summed E-state index contributed by atoms with van der Waals surface area (Å²) in [5.74, 6) is 0.839. The minimum atomic E-state index is -0.110. The molecule has 0 radical (unpaired) electrons. The number of furan rings is 1. The van der Waals surface area contributed by atoms with Gasteiger partial charge in [-0.1, -0.05) is 47.5 Å². The van der Waals surface area contributed by atoms with Crippen molar-refractivity contribution in [2.24, 2.45) is 0 Å². The Hall–Kier alpha value is -1.48. The van der Waals surface area contributed by atoms with Crippen molar-refractivity contribution in [2.45, 2.75) is 13.0 Å². The van der Waals surface area contributed by atoms with E-state index in [1.807, 2.05) is 44.3 Å². The van der Waals surface area contributed by atoms with Crippen LogP contribution in [0, 0.1) is 6.92 Å². The molecule has 0 saturated carbocycles. The number of fused-ring (bicyclic) bond motifs is 1. The topological polar surface area (TPSA) is 25.2 Å². The smallest absolute Gasteiger partial charge is 0.137 e. The molecule has 21 heavy (non-hydrogen) atoms. The monoisotopic (exact) mass is 319 g/mol. The molecule has 108 valence electrons. The largest absolute Gasteiger partial charge is 0.459 e. The molecule has 0 aliphatic heterocycles. The van der Waals surface area contributed by atoms with Gasteiger partial charge >= 0.3 is 0 Å². The van der Waals surface area contributed by atoms with Gasteiger partial charge in [-0.25, -0.2) is 0 Å². The molecule has 1 unspecified atom stereocenters. The minimum Gasteiger partial charge on any atom is -0.459 e. The van der Waals surface area contributed by atoms with Crippen LogP contribution in [0.3, 0.4) is 0 Å². The molecule has 0 fully saturated rings. The Morgan fingerprint density at radius 3 is 2.57 bits per heavy atom. The van der Waals surface area contributed by atoms with Crippen LogP contribution >= 0.6 is 23.2 Å². The molecule has 0 spiro atoms. The van der Waals surface area contributed by atoms with Crippen molar-refractivity contribution in [3.63, 3.8) is 0 Å². The number of nitrogens with one attached hydrogen (secondary N) is 1. The van der Waals surface area contributed by atoms with E-state index in [1.165, 1.54) is 0 Å². The number of hydrogen-bond donors (Lipinski definition) is 1. The minimum absolute atomic E-state index is 0.110. The van der Waals surface area contributed by atoms with E-state index in [9.17, 15) is 0 Å². The predicted octanol–water partition coefficient (Wildman–Crippen LogP) is 5.36. The first-order valence-corrected chi connectivity index (χ1v) is 7.47. The zero-order valence-electron chi connectivity index (χ0n) is 11.8. The molecule has 0 saturated heterocycles. The highest BCUT2D eigenvalue weighted by Crippen LogP contribution is 2.33. The lowest BCUT2D eigenvalue weighted by molar-refractivity contribution is 0.490. The van der Waals surface area contributed by atoms with Crippen molar-refractivity contribution >= 4 is 34.2 Å². The normalized spacial score (nSPS) is 12.8. The third kappa shape index (κ3) is 2.67. The molecule has 4 heteroatoms. The van der Waals surface area contributed by atoms with E-state index in [1.54, 1.807) is 6.07 Å². The van der Waals surface area contributed by atoms with Crippen molar-refractivity contribution in [1.29, 1.82) is 0 Å². The summed E-state index contributed by atoms with van der Waals surface area (Å²) >= 11 is 12.3. The quantitative estimate of drug-likeness (QED) is 0.703. The fourth-order valence-electron chi connectivity index (χ4n) is 2.56. The van der Waals surface area contributed by atoms with Crippen LogP contribution in [0.5, 0.6) is 0 Å². The highest BCUT2D eigenvalue weighted by Gasteiger charge is 2.20. The summed E-state index contributed by atoms with van der Waals surface area (Å²) in [6.45, 7) is 2.04. The van der Waals surface area contributed by atoms with E-state index in [0.717, 1.165) is 27.9 Å². The zero-order chi connectivity index (χ0) is 15.0. The van der Waals surface area contributed by atoms with Crippen molar-refractivity contribution in [3.05, 3.63) is 69.4 Å². The Balaban J connectivity index is 2.11. The van der Waals surface area contributed by atoms with Gasteiger partial charge in [0.15, 0.2) is 0 Å². The highest BCUT2D eigenvalue weighted by molar-refractivity contribution is 6.35. The van der Waals surface area contributed by atoms with Gasteiger partial charge in [0.05, 0.1) is 6.04 Å². The van der Waals surface area contributed by atoms with Crippen LogP contribution < -0.4 is 5.32 Å². The van der Waals surface area contributed by atoms with Crippen LogP contribution in [-0.4, -0.2) is 7.05 Å². The highest BCUT2D eigenvalue weighted by atomic mass is 35.5. The molecule has 2 aromatic carbocycles. The van der Waals surface area contributed by atoms with Gasteiger partial charge in [-0.05, 0) is 43.3 Å². The average Bonchev–Trinajstić information content (AvgIpc) is 2.87. The summed E-state index contributed by atoms with van der Waals surface area (Å²) < 4.78 is 6.04. The van der Waals surface area contributed by atoms with Crippen LogP contribution in [0.2, 0.25) is 10.0 Å². The molecular weight excluding hydrogens is 305 g/mol. The lowest BCUT2D eigenvalue weighted by Gasteiger charge is -2.15. The van der Waals surface area contributed by atoms with E-state index < -0.39 is 0 Å². The molecule has 0 bridgehead atoms. The standard InChI is InChI=1S/C17H15Cl2NO/c1-10-4-3-5-11-8-15(21-17(10)11)16(20-2)13-7-6-12(18)9-14(13)19/h3-9,16,20H,1-2H3. The van der Waals surface area contributed by atoms with E-state index >= 15 is 0 Å². The van der Waals surface area contributed by atoms with Crippen molar-refractivity contribution in [1.82, 2.24) is 5.32 Å². The van der Waals surface area contributed by atoms with Crippen molar-refractivity contribution in [2.75, 3.05) is 7.05 Å². The van der Waals surface area contributed by atoms with Crippen LogP contribution in [0.1, 0.15) is 22.9 Å². The van der Waals surface area contributed by atoms with Crippen molar-refractivity contribution in [3.8, 4) is 0 Å². The van der Waals surface area contributed by atoms with Gasteiger partial charge in [-0.3, -0.25) is 0 Å². The maximum absolute atomic E-state index is 6.32. The zero-order valence-corrected chi connectivity index (χ0v) is 13.3. The van der Waals surface area contributed by atoms with Gasteiger partial charge in [-0.15, -0.1) is 0 Å². The lowest BCUT2D eigenvalue weighted by atomic mass is 10.0. The average molecular weight is 320 g/mol. The SMILES string of the molecule is CNC(c1cc2cccc(C)c2o1)c1ccc(Cl)cc1Cl. The summed E-state index contributed by atoms with van der Waals surface area (Å²) in [5.41, 5.74) is 2.98. The summed E-state index contributed by atoms with van der Waals surface area (Å²) in [5, 5.41) is 5.60. The molecule has 3 rings (SSSR count). The third-order valence-electron chi connectivity index (χ3n) is 3.61. The third-order valence-corrected chi connectivity index (χ3v) is 4.17. The van der Waals surface area contributed by atoms with Crippen molar-refractivity contribution < 1.29 is 4.42 Å². The molecule has 1 atom stereocenters. The predicted molar refractivity (Wildman–Crippen MR) is 88.3 cm³/mol. The van der Waals surface area contributed by atoms with Crippen LogP contribution in [-0.2, 0) is 0 Å². The molecule has 1 heterocycles. The second kappa shape index (κ2) is 5.72. The van der Waals surface area contributed by atoms with Gasteiger partial charge in [0, 0.05) is 15.4 Å². The van der Waals surface area contributed by atoms with Gasteiger partial charge < -0.3 is 9.73 Å². The molecule has 0 aliphatic rings. The molecule has 3 aromatic rings. The fourth-order valence-corrected chi connectivity index (χ4v) is 3.08. The molecule has 0 aliphatic carbocycles. The Bertz CT molecular complexity index is 795. The van der Waals surface area contributed by atoms with Crippen LogP contribution in [0.25, 0.3) is 11.0 Å². The first kappa shape index (κ1) is 14.5. The molecule has 1 N–H and O–H groups in total. The first-order chi connectivity index (χ1) is 10.1. The number of hydrogen-bond acceptors (Lipinski definition) is 2. The first-order valence-electron chi connectivity index (χ1n) is 6.71. The number of aryl methyl sites for hydroxylation is 1. The number of halogens is 2. The summed E-state index contributed by atoms with van der Waals surface area (Å²) in [6, 6.07) is 13.6. The Morgan fingerprint density at radius 1 is 1.10 bits per heavy atom. The van der Waals surface area contributed by atoms with E-state index in [-0.39, 0.29) is 6.04 Å². The molecule has 2 nitrogen and oxygen atoms in total. The van der Waals surface area contributed by atoms with E-state index in [2.05, 4.69) is 11.4 Å². The fraction of sp³-hybridized carbons (Fsp3) is 0.176. The van der Waals surface area contributed by atoms with Gasteiger partial charge in [-0.2, -0.15) is 0 Å². The summed E-state index contributed by atoms with van der Waals surface area (Å²) in [7, 11) is 1.88. The maximum Gasteiger partial charge on any atom is 0.137 e.